The zero-order chi connectivity index (χ0) is 23.4. The van der Waals surface area contributed by atoms with Crippen LogP contribution in [0.4, 0.5) is 0 Å². The van der Waals surface area contributed by atoms with Crippen LogP contribution in [0.25, 0.3) is 0 Å². The summed E-state index contributed by atoms with van der Waals surface area (Å²) >= 11 is 12.1. The molecule has 9 heteroatoms. The Morgan fingerprint density at radius 3 is 2.48 bits per heavy atom. The molecule has 0 amide bonds. The number of nitrogens with zero attached hydrogens (tertiary/aromatic N) is 4. The van der Waals surface area contributed by atoms with Gasteiger partial charge in [-0.05, 0) is 56.8 Å². The first-order valence-electron chi connectivity index (χ1n) is 11.6. The number of aromatic nitrogens is 2. The number of carboxylic acid groups (broad SMARTS) is 1. The maximum atomic E-state index is 11.9. The van der Waals surface area contributed by atoms with Crippen LogP contribution in [0.3, 0.4) is 0 Å². The minimum absolute atomic E-state index is 0.198. The predicted molar refractivity (Wildman–Crippen MR) is 129 cm³/mol. The van der Waals surface area contributed by atoms with Crippen molar-refractivity contribution in [2.24, 2.45) is 13.0 Å². The van der Waals surface area contributed by atoms with Gasteiger partial charge in [-0.3, -0.25) is 9.69 Å². The molecule has 4 rings (SSSR count). The molecule has 2 fully saturated rings. The summed E-state index contributed by atoms with van der Waals surface area (Å²) in [6, 6.07) is 4.93. The number of hydrogen-bond donors (Lipinski definition) is 1. The van der Waals surface area contributed by atoms with Crippen LogP contribution in [0.2, 0.25) is 10.0 Å². The molecule has 1 atom stereocenters. The van der Waals surface area contributed by atoms with Crippen molar-refractivity contribution in [3.05, 3.63) is 46.5 Å². The number of hydrogen-bond acceptors (Lipinski definition) is 5. The Hall–Kier alpha value is -1.80. The zero-order valence-corrected chi connectivity index (χ0v) is 20.5. The number of imidazole rings is 1. The van der Waals surface area contributed by atoms with Gasteiger partial charge in [0, 0.05) is 51.1 Å². The van der Waals surface area contributed by atoms with Gasteiger partial charge < -0.3 is 19.3 Å². The third kappa shape index (κ3) is 6.41. The van der Waals surface area contributed by atoms with Crippen molar-refractivity contribution in [2.45, 2.75) is 44.2 Å². The van der Waals surface area contributed by atoms with E-state index in [0.29, 0.717) is 22.4 Å². The van der Waals surface area contributed by atoms with Crippen LogP contribution >= 0.6 is 23.2 Å². The van der Waals surface area contributed by atoms with Gasteiger partial charge in [0.15, 0.2) is 0 Å². The molecule has 2 aliphatic heterocycles. The van der Waals surface area contributed by atoms with Crippen molar-refractivity contribution in [1.82, 2.24) is 19.4 Å². The molecule has 0 unspecified atom stereocenters. The predicted octanol–water partition coefficient (Wildman–Crippen LogP) is 3.98. The zero-order valence-electron chi connectivity index (χ0n) is 19.0. The number of aryl methyl sites for hydroxylation is 1. The third-order valence-corrected chi connectivity index (χ3v) is 7.68. The number of piperidine rings is 2. The van der Waals surface area contributed by atoms with Crippen LogP contribution in [-0.4, -0.2) is 75.3 Å². The maximum Gasteiger partial charge on any atom is 0.321 e. The fraction of sp³-hybridized carbons (Fsp3) is 0.583. The quantitative estimate of drug-likeness (QED) is 0.598. The van der Waals surface area contributed by atoms with Crippen molar-refractivity contribution in [1.29, 1.82) is 0 Å². The standard InChI is InChI=1S/C24H32Cl2N4O3/c1-28-16-27-14-18(28)12-23(24(31)32)30-10-4-17(5-11-30)15-29-8-6-19(7-9-29)33-20-2-3-21(25)22(26)13-20/h2-3,13-14,16-17,19,23H,4-12,15H2,1H3,(H,31,32)/t23-/m0/s1. The van der Waals surface area contributed by atoms with Crippen LogP contribution in [0.5, 0.6) is 5.75 Å². The fourth-order valence-electron chi connectivity index (χ4n) is 4.92. The number of aliphatic carboxylic acids is 1. The van der Waals surface area contributed by atoms with E-state index in [-0.39, 0.29) is 6.10 Å². The van der Waals surface area contributed by atoms with E-state index in [1.165, 1.54) is 0 Å². The van der Waals surface area contributed by atoms with Crippen molar-refractivity contribution < 1.29 is 14.6 Å². The van der Waals surface area contributed by atoms with E-state index in [4.69, 9.17) is 27.9 Å². The first-order chi connectivity index (χ1) is 15.9. The number of benzene rings is 1. The lowest BCUT2D eigenvalue weighted by atomic mass is 9.93. The lowest BCUT2D eigenvalue weighted by Gasteiger charge is -2.39. The molecular weight excluding hydrogens is 463 g/mol. The third-order valence-electron chi connectivity index (χ3n) is 6.94. The average molecular weight is 495 g/mol. The van der Waals surface area contributed by atoms with Crippen LogP contribution in [0.15, 0.2) is 30.7 Å². The number of carbonyl (C=O) groups is 1. The van der Waals surface area contributed by atoms with Crippen molar-refractivity contribution in [3.63, 3.8) is 0 Å². The normalized spacial score (nSPS) is 20.1. The van der Waals surface area contributed by atoms with Crippen molar-refractivity contribution >= 4 is 29.2 Å². The van der Waals surface area contributed by atoms with Crippen molar-refractivity contribution in [2.75, 3.05) is 32.7 Å². The van der Waals surface area contributed by atoms with E-state index < -0.39 is 12.0 Å². The molecule has 0 radical (unpaired) electrons. The largest absolute Gasteiger partial charge is 0.490 e. The van der Waals surface area contributed by atoms with Gasteiger partial charge in [-0.1, -0.05) is 23.2 Å². The lowest BCUT2D eigenvalue weighted by molar-refractivity contribution is -0.144. The highest BCUT2D eigenvalue weighted by Gasteiger charge is 2.31. The van der Waals surface area contributed by atoms with Gasteiger partial charge in [0.1, 0.15) is 17.9 Å². The summed E-state index contributed by atoms with van der Waals surface area (Å²) in [7, 11) is 1.91. The van der Waals surface area contributed by atoms with Gasteiger partial charge in [0.05, 0.1) is 16.4 Å². The molecule has 0 bridgehead atoms. The molecule has 3 heterocycles. The molecule has 1 N–H and O–H groups in total. The molecule has 180 valence electrons. The number of carboxylic acids is 1. The topological polar surface area (TPSA) is 70.8 Å². The van der Waals surface area contributed by atoms with E-state index in [2.05, 4.69) is 14.8 Å². The Morgan fingerprint density at radius 1 is 1.15 bits per heavy atom. The SMILES string of the molecule is Cn1cncc1C[C@@H](C(=O)O)N1CCC(CN2CCC(Oc3ccc(Cl)c(Cl)c3)CC2)CC1. The summed E-state index contributed by atoms with van der Waals surface area (Å²) < 4.78 is 8.01. The van der Waals surface area contributed by atoms with E-state index in [1.807, 2.05) is 17.7 Å². The van der Waals surface area contributed by atoms with Gasteiger partial charge in [-0.25, -0.2) is 4.98 Å². The van der Waals surface area contributed by atoms with Gasteiger partial charge in [0.25, 0.3) is 0 Å². The maximum absolute atomic E-state index is 11.9. The summed E-state index contributed by atoms with van der Waals surface area (Å²) in [6.07, 6.45) is 8.22. The van der Waals surface area contributed by atoms with Crippen LogP contribution in [-0.2, 0) is 18.3 Å². The monoisotopic (exact) mass is 494 g/mol. The minimum atomic E-state index is -0.751. The van der Waals surface area contributed by atoms with Gasteiger partial charge in [0.2, 0.25) is 0 Å². The molecule has 1 aromatic carbocycles. The molecule has 33 heavy (non-hydrogen) atoms. The second kappa shape index (κ2) is 11.1. The van der Waals surface area contributed by atoms with Crippen LogP contribution in [0.1, 0.15) is 31.4 Å². The second-order valence-electron chi connectivity index (χ2n) is 9.23. The average Bonchev–Trinajstić information content (AvgIpc) is 3.21. The van der Waals surface area contributed by atoms with Crippen LogP contribution < -0.4 is 4.74 Å². The lowest BCUT2D eigenvalue weighted by Crippen LogP contribution is -2.49. The van der Waals surface area contributed by atoms with Gasteiger partial charge in [-0.15, -0.1) is 0 Å². The highest BCUT2D eigenvalue weighted by Crippen LogP contribution is 2.29. The Kier molecular flexibility index (Phi) is 8.17. The number of halogens is 2. The summed E-state index contributed by atoms with van der Waals surface area (Å²) in [4.78, 5) is 20.7. The molecular formula is C24H32Cl2N4O3. The Labute approximate surface area is 205 Å². The molecule has 2 aliphatic rings. The van der Waals surface area contributed by atoms with E-state index in [1.54, 1.807) is 24.7 Å². The molecule has 7 nitrogen and oxygen atoms in total. The summed E-state index contributed by atoms with van der Waals surface area (Å²) in [6.45, 7) is 4.77. The molecule has 0 saturated carbocycles. The summed E-state index contributed by atoms with van der Waals surface area (Å²) in [5.74, 6) is 0.632. The molecule has 2 saturated heterocycles. The first kappa shape index (κ1) is 24.3. The molecule has 0 spiro atoms. The molecule has 2 aromatic rings. The fourth-order valence-corrected chi connectivity index (χ4v) is 5.20. The molecule has 0 aliphatic carbocycles. The highest BCUT2D eigenvalue weighted by atomic mass is 35.5. The minimum Gasteiger partial charge on any atom is -0.490 e. The second-order valence-corrected chi connectivity index (χ2v) is 10.0. The summed E-state index contributed by atoms with van der Waals surface area (Å²) in [5, 5.41) is 10.9. The van der Waals surface area contributed by atoms with E-state index in [0.717, 1.165) is 69.9 Å². The highest BCUT2D eigenvalue weighted by molar-refractivity contribution is 6.42. The Morgan fingerprint density at radius 2 is 1.88 bits per heavy atom. The smallest absolute Gasteiger partial charge is 0.321 e. The van der Waals surface area contributed by atoms with Crippen LogP contribution in [0, 0.1) is 5.92 Å². The first-order valence-corrected chi connectivity index (χ1v) is 12.4. The Balaban J connectivity index is 1.20. The van der Waals surface area contributed by atoms with Crippen molar-refractivity contribution in [3.8, 4) is 5.75 Å². The number of likely N-dealkylation sites (tertiary alicyclic amines) is 2. The van der Waals surface area contributed by atoms with E-state index >= 15 is 0 Å². The summed E-state index contributed by atoms with van der Waals surface area (Å²) in [5.41, 5.74) is 0.954. The number of ether oxygens (including phenoxy) is 1. The number of rotatable bonds is 8. The van der Waals surface area contributed by atoms with Gasteiger partial charge in [-0.2, -0.15) is 0 Å². The Bertz CT molecular complexity index is 938. The van der Waals surface area contributed by atoms with E-state index in [9.17, 15) is 9.90 Å². The molecule has 1 aromatic heterocycles. The van der Waals surface area contributed by atoms with Gasteiger partial charge >= 0.3 is 5.97 Å².